The molecule has 106 valence electrons. The van der Waals surface area contributed by atoms with E-state index in [1.54, 1.807) is 18.2 Å². The van der Waals surface area contributed by atoms with Crippen LogP contribution < -0.4 is 16.8 Å². The maximum atomic E-state index is 11.1. The van der Waals surface area contributed by atoms with Gasteiger partial charge in [-0.15, -0.1) is 0 Å². The van der Waals surface area contributed by atoms with E-state index < -0.39 is 5.91 Å². The number of hydrogen-bond donors (Lipinski definition) is 4. The minimum Gasteiger partial charge on any atom is -0.397 e. The Morgan fingerprint density at radius 3 is 2.47 bits per heavy atom. The Bertz CT molecular complexity index is 452. The number of carbonyl (C=O) groups is 1. The number of hydrogen-bond acceptors (Lipinski definition) is 4. The molecule has 0 saturated heterocycles. The molecule has 0 aliphatic carbocycles. The zero-order valence-electron chi connectivity index (χ0n) is 11.7. The van der Waals surface area contributed by atoms with Crippen molar-refractivity contribution >= 4 is 17.3 Å². The van der Waals surface area contributed by atoms with Crippen LogP contribution in [0.4, 0.5) is 11.4 Å². The Labute approximate surface area is 114 Å². The molecular formula is C14H23N3O2. The number of primary amides is 1. The summed E-state index contributed by atoms with van der Waals surface area (Å²) in [6.07, 6.45) is 0.626. The summed E-state index contributed by atoms with van der Waals surface area (Å²) in [5, 5.41) is 12.4. The number of anilines is 2. The highest BCUT2D eigenvalue weighted by Gasteiger charge is 2.24. The third-order valence-corrected chi connectivity index (χ3v) is 3.13. The monoisotopic (exact) mass is 265 g/mol. The fraction of sp³-hybridized carbons (Fsp3) is 0.500. The largest absolute Gasteiger partial charge is 0.397 e. The highest BCUT2D eigenvalue weighted by molar-refractivity contribution is 5.94. The molecular weight excluding hydrogens is 242 g/mol. The third-order valence-electron chi connectivity index (χ3n) is 3.13. The van der Waals surface area contributed by atoms with Crippen LogP contribution in [0.1, 0.15) is 37.6 Å². The van der Waals surface area contributed by atoms with Crippen molar-refractivity contribution in [2.24, 2.45) is 11.1 Å². The lowest BCUT2D eigenvalue weighted by Gasteiger charge is -2.32. The lowest BCUT2D eigenvalue weighted by atomic mass is 9.84. The van der Waals surface area contributed by atoms with Crippen molar-refractivity contribution in [3.8, 4) is 0 Å². The molecule has 0 aromatic heterocycles. The lowest BCUT2D eigenvalue weighted by molar-refractivity contribution is 0.100. The van der Waals surface area contributed by atoms with Gasteiger partial charge in [-0.2, -0.15) is 0 Å². The normalized spacial score (nSPS) is 13.1. The van der Waals surface area contributed by atoms with Crippen LogP contribution in [0.25, 0.3) is 0 Å². The maximum Gasteiger partial charge on any atom is 0.248 e. The molecule has 1 rings (SSSR count). The van der Waals surface area contributed by atoms with Gasteiger partial charge in [0.15, 0.2) is 0 Å². The summed E-state index contributed by atoms with van der Waals surface area (Å²) in [4.78, 5) is 11.1. The summed E-state index contributed by atoms with van der Waals surface area (Å²) in [7, 11) is 0. The molecule has 0 saturated carbocycles. The molecule has 0 aliphatic heterocycles. The molecule has 1 atom stereocenters. The fourth-order valence-electron chi connectivity index (χ4n) is 1.89. The molecule has 5 nitrogen and oxygen atoms in total. The van der Waals surface area contributed by atoms with Crippen molar-refractivity contribution in [2.45, 2.75) is 33.2 Å². The van der Waals surface area contributed by atoms with Gasteiger partial charge in [-0.05, 0) is 30.0 Å². The molecule has 0 heterocycles. The van der Waals surface area contributed by atoms with E-state index in [9.17, 15) is 4.79 Å². The molecule has 0 aliphatic rings. The zero-order valence-corrected chi connectivity index (χ0v) is 11.7. The number of aliphatic hydroxyl groups is 1. The van der Waals surface area contributed by atoms with Gasteiger partial charge in [0.05, 0.1) is 11.4 Å². The Kier molecular flexibility index (Phi) is 4.78. The fourth-order valence-corrected chi connectivity index (χ4v) is 1.89. The molecule has 1 aromatic carbocycles. The first-order valence-corrected chi connectivity index (χ1v) is 6.32. The predicted octanol–water partition coefficient (Wildman–Crippen LogP) is 1.58. The molecule has 0 spiro atoms. The molecule has 1 amide bonds. The van der Waals surface area contributed by atoms with Crippen molar-refractivity contribution in [1.29, 1.82) is 0 Å². The Morgan fingerprint density at radius 1 is 1.42 bits per heavy atom. The summed E-state index contributed by atoms with van der Waals surface area (Å²) in [6.45, 7) is 6.38. The average Bonchev–Trinajstić information content (AvgIpc) is 2.29. The molecule has 1 aromatic rings. The Balaban J connectivity index is 2.94. The average molecular weight is 265 g/mol. The predicted molar refractivity (Wildman–Crippen MR) is 77.9 cm³/mol. The number of nitrogens with one attached hydrogen (secondary N) is 1. The minimum absolute atomic E-state index is 0.0163. The number of benzene rings is 1. The van der Waals surface area contributed by atoms with Crippen LogP contribution in [0, 0.1) is 5.41 Å². The van der Waals surface area contributed by atoms with Crippen molar-refractivity contribution in [1.82, 2.24) is 0 Å². The van der Waals surface area contributed by atoms with Crippen LogP contribution in [0.5, 0.6) is 0 Å². The van der Waals surface area contributed by atoms with E-state index in [2.05, 4.69) is 26.1 Å². The second kappa shape index (κ2) is 5.93. The van der Waals surface area contributed by atoms with Gasteiger partial charge in [0.1, 0.15) is 0 Å². The van der Waals surface area contributed by atoms with Crippen molar-refractivity contribution < 1.29 is 9.90 Å². The molecule has 6 N–H and O–H groups in total. The van der Waals surface area contributed by atoms with Crippen molar-refractivity contribution in [2.75, 3.05) is 17.7 Å². The molecule has 1 unspecified atom stereocenters. The number of aliphatic hydroxyl groups excluding tert-OH is 1. The van der Waals surface area contributed by atoms with Gasteiger partial charge in [-0.3, -0.25) is 4.79 Å². The van der Waals surface area contributed by atoms with Gasteiger partial charge in [0.25, 0.3) is 0 Å². The molecule has 0 bridgehead atoms. The Morgan fingerprint density at radius 2 is 2.05 bits per heavy atom. The number of carbonyl (C=O) groups excluding carboxylic acids is 1. The Hall–Kier alpha value is -1.75. The molecule has 0 radical (unpaired) electrons. The summed E-state index contributed by atoms with van der Waals surface area (Å²) in [5.41, 5.74) is 12.7. The van der Waals surface area contributed by atoms with Gasteiger partial charge in [-0.1, -0.05) is 20.8 Å². The van der Waals surface area contributed by atoms with Gasteiger partial charge >= 0.3 is 0 Å². The van der Waals surface area contributed by atoms with E-state index in [4.69, 9.17) is 16.6 Å². The van der Waals surface area contributed by atoms with Crippen LogP contribution >= 0.6 is 0 Å². The van der Waals surface area contributed by atoms with Gasteiger partial charge < -0.3 is 21.9 Å². The third kappa shape index (κ3) is 4.13. The summed E-state index contributed by atoms with van der Waals surface area (Å²) >= 11 is 0. The van der Waals surface area contributed by atoms with E-state index in [-0.39, 0.29) is 18.1 Å². The first-order valence-electron chi connectivity index (χ1n) is 6.32. The van der Waals surface area contributed by atoms with Crippen molar-refractivity contribution in [3.05, 3.63) is 23.8 Å². The number of amides is 1. The second-order valence-electron chi connectivity index (χ2n) is 5.74. The van der Waals surface area contributed by atoms with E-state index in [1.807, 2.05) is 0 Å². The molecule has 19 heavy (non-hydrogen) atoms. The number of nitrogen functional groups attached to an aromatic ring is 1. The van der Waals surface area contributed by atoms with Crippen LogP contribution in [0.2, 0.25) is 0 Å². The quantitative estimate of drug-likeness (QED) is 0.607. The van der Waals surface area contributed by atoms with Crippen molar-refractivity contribution in [3.63, 3.8) is 0 Å². The van der Waals surface area contributed by atoms with Gasteiger partial charge in [-0.25, -0.2) is 0 Å². The van der Waals surface area contributed by atoms with Crippen LogP contribution in [-0.4, -0.2) is 23.7 Å². The lowest BCUT2D eigenvalue weighted by Crippen LogP contribution is -2.35. The van der Waals surface area contributed by atoms with Gasteiger partial charge in [0.2, 0.25) is 5.91 Å². The molecule has 5 heteroatoms. The van der Waals surface area contributed by atoms with Gasteiger partial charge in [0, 0.05) is 18.2 Å². The topological polar surface area (TPSA) is 101 Å². The highest BCUT2D eigenvalue weighted by Crippen LogP contribution is 2.28. The first kappa shape index (κ1) is 15.3. The highest BCUT2D eigenvalue weighted by atomic mass is 16.3. The maximum absolute atomic E-state index is 11.1. The van der Waals surface area contributed by atoms with Crippen LogP contribution in [0.3, 0.4) is 0 Å². The van der Waals surface area contributed by atoms with E-state index >= 15 is 0 Å². The zero-order chi connectivity index (χ0) is 14.6. The van der Waals surface area contributed by atoms with E-state index in [0.717, 1.165) is 5.69 Å². The summed E-state index contributed by atoms with van der Waals surface area (Å²) in [5.74, 6) is -0.499. The van der Waals surface area contributed by atoms with E-state index in [0.29, 0.717) is 17.7 Å². The van der Waals surface area contributed by atoms with Crippen LogP contribution in [-0.2, 0) is 0 Å². The smallest absolute Gasteiger partial charge is 0.248 e. The minimum atomic E-state index is -0.499. The van der Waals surface area contributed by atoms with Crippen LogP contribution in [0.15, 0.2) is 18.2 Å². The van der Waals surface area contributed by atoms with E-state index in [1.165, 1.54) is 0 Å². The standard InChI is InChI=1S/C14H23N3O2/c1-14(2,3)12(6-7-18)17-11-5-4-9(13(16)19)8-10(11)15/h4-5,8,12,17-18H,6-7,15H2,1-3H3,(H2,16,19). The number of nitrogens with two attached hydrogens (primary N) is 2. The number of rotatable bonds is 5. The second-order valence-corrected chi connectivity index (χ2v) is 5.74. The summed E-state index contributed by atoms with van der Waals surface area (Å²) in [6, 6.07) is 5.02. The summed E-state index contributed by atoms with van der Waals surface area (Å²) < 4.78 is 0. The molecule has 0 fully saturated rings. The first-order chi connectivity index (χ1) is 8.75. The SMILES string of the molecule is CC(C)(C)C(CCO)Nc1ccc(C(N)=O)cc1N.